The molecule has 1 saturated heterocycles. The Kier molecular flexibility index (Phi) is 8.08. The van der Waals surface area contributed by atoms with Crippen LogP contribution in [0.2, 0.25) is 5.02 Å². The predicted molar refractivity (Wildman–Crippen MR) is 138 cm³/mol. The van der Waals surface area contributed by atoms with Crippen molar-refractivity contribution in [2.24, 2.45) is 5.92 Å². The zero-order valence-corrected chi connectivity index (χ0v) is 21.7. The van der Waals surface area contributed by atoms with Gasteiger partial charge in [0, 0.05) is 52.9 Å². The lowest BCUT2D eigenvalue weighted by atomic mass is 9.99. The van der Waals surface area contributed by atoms with Crippen LogP contribution in [0.1, 0.15) is 19.3 Å². The van der Waals surface area contributed by atoms with Crippen LogP contribution < -0.4 is 10.6 Å². The van der Waals surface area contributed by atoms with Gasteiger partial charge in [-0.05, 0) is 67.8 Å². The molecule has 1 amide bonds. The van der Waals surface area contributed by atoms with Crippen LogP contribution in [0, 0.1) is 5.92 Å². The first kappa shape index (κ1) is 24.9. The lowest BCUT2D eigenvalue weighted by Crippen LogP contribution is -2.45. The number of hydrogen-bond donors (Lipinski definition) is 2. The summed E-state index contributed by atoms with van der Waals surface area (Å²) in [6.07, 6.45) is 3.81. The summed E-state index contributed by atoms with van der Waals surface area (Å²) in [6.45, 7) is 1.82. The van der Waals surface area contributed by atoms with Crippen molar-refractivity contribution in [3.05, 3.63) is 64.2 Å². The number of amides is 1. The van der Waals surface area contributed by atoms with Crippen LogP contribution in [0.4, 0.5) is 5.69 Å². The summed E-state index contributed by atoms with van der Waals surface area (Å²) in [4.78, 5) is 17.3. The molecule has 2 heterocycles. The van der Waals surface area contributed by atoms with E-state index in [1.807, 2.05) is 24.3 Å². The van der Waals surface area contributed by atoms with Crippen LogP contribution in [0.3, 0.4) is 0 Å². The molecule has 2 N–H and O–H groups in total. The molecule has 1 fully saturated rings. The minimum atomic E-state index is -3.62. The number of nitrogens with one attached hydrogen (secondary N) is 2. The fraction of sp³-hybridized carbons (Fsp3) is 0.333. The van der Waals surface area contributed by atoms with Gasteiger partial charge in [-0.1, -0.05) is 27.5 Å². The Labute approximate surface area is 213 Å². The first-order valence-electron chi connectivity index (χ1n) is 11.2. The number of rotatable bonds is 8. The molecule has 0 bridgehead atoms. The summed E-state index contributed by atoms with van der Waals surface area (Å²) in [5.41, 5.74) is 1.79. The maximum atomic E-state index is 13.0. The van der Waals surface area contributed by atoms with E-state index in [-0.39, 0.29) is 23.3 Å². The molecule has 1 unspecified atom stereocenters. The number of carbonyl (C=O) groups excluding carboxylic acids is 1. The van der Waals surface area contributed by atoms with Gasteiger partial charge < -0.3 is 10.6 Å². The number of fused-ring (bicyclic) bond motifs is 1. The van der Waals surface area contributed by atoms with Crippen molar-refractivity contribution >= 4 is 60.1 Å². The Hall–Kier alpha value is -2.20. The molecular formula is C24H26BrClN4O3S. The van der Waals surface area contributed by atoms with E-state index in [1.54, 1.807) is 30.5 Å². The van der Waals surface area contributed by atoms with Crippen LogP contribution in [0.15, 0.2) is 64.1 Å². The minimum absolute atomic E-state index is 0.0975. The third-order valence-corrected chi connectivity index (χ3v) is 8.52. The van der Waals surface area contributed by atoms with Gasteiger partial charge in [0.2, 0.25) is 15.9 Å². The fourth-order valence-corrected chi connectivity index (χ4v) is 6.03. The number of hydrogen-bond acceptors (Lipinski definition) is 5. The zero-order chi connectivity index (χ0) is 24.1. The maximum Gasteiger partial charge on any atom is 0.243 e. The molecule has 34 heavy (non-hydrogen) atoms. The highest BCUT2D eigenvalue weighted by Crippen LogP contribution is 2.26. The third kappa shape index (κ3) is 5.89. The molecule has 180 valence electrons. The molecule has 4 rings (SSSR count). The molecule has 1 atom stereocenters. The van der Waals surface area contributed by atoms with Gasteiger partial charge in [0.25, 0.3) is 0 Å². The lowest BCUT2D eigenvalue weighted by molar-refractivity contribution is -0.126. The monoisotopic (exact) mass is 564 g/mol. The quantitative estimate of drug-likeness (QED) is 0.388. The van der Waals surface area contributed by atoms with E-state index in [1.165, 1.54) is 4.31 Å². The van der Waals surface area contributed by atoms with E-state index in [9.17, 15) is 13.2 Å². The maximum absolute atomic E-state index is 13.0. The number of halogens is 2. The molecular weight excluding hydrogens is 540 g/mol. The Balaban J connectivity index is 1.26. The number of nitrogens with zero attached hydrogens (tertiary/aromatic N) is 2. The fourth-order valence-electron chi connectivity index (χ4n) is 4.07. The van der Waals surface area contributed by atoms with E-state index < -0.39 is 10.0 Å². The summed E-state index contributed by atoms with van der Waals surface area (Å²) in [5, 5.41) is 7.99. The number of aromatic nitrogens is 1. The molecule has 1 aromatic heterocycles. The molecule has 10 heteroatoms. The Morgan fingerprint density at radius 3 is 2.74 bits per heavy atom. The van der Waals surface area contributed by atoms with E-state index in [0.29, 0.717) is 37.5 Å². The van der Waals surface area contributed by atoms with Gasteiger partial charge >= 0.3 is 0 Å². The van der Waals surface area contributed by atoms with Crippen molar-refractivity contribution in [1.29, 1.82) is 0 Å². The smallest absolute Gasteiger partial charge is 0.243 e. The van der Waals surface area contributed by atoms with E-state index in [2.05, 4.69) is 31.5 Å². The SMILES string of the molecule is O=C(NCCCNc1ccnc2cc(Cl)ccc12)C1CCCN(S(=O)(=O)c2ccc(Br)cc2)C1. The largest absolute Gasteiger partial charge is 0.384 e. The van der Waals surface area contributed by atoms with Gasteiger partial charge in [-0.25, -0.2) is 8.42 Å². The summed E-state index contributed by atoms with van der Waals surface area (Å²) >= 11 is 9.37. The molecule has 0 spiro atoms. The number of pyridine rings is 1. The molecule has 1 aliphatic rings. The second-order valence-electron chi connectivity index (χ2n) is 8.25. The molecule has 0 radical (unpaired) electrons. The summed E-state index contributed by atoms with van der Waals surface area (Å²) in [5.74, 6) is -0.444. The van der Waals surface area contributed by atoms with Gasteiger partial charge in [0.05, 0.1) is 16.3 Å². The van der Waals surface area contributed by atoms with Crippen molar-refractivity contribution in [3.8, 4) is 0 Å². The highest BCUT2D eigenvalue weighted by Gasteiger charge is 2.33. The molecule has 7 nitrogen and oxygen atoms in total. The normalized spacial score (nSPS) is 16.9. The molecule has 0 aliphatic carbocycles. The molecule has 2 aromatic carbocycles. The van der Waals surface area contributed by atoms with E-state index in [4.69, 9.17) is 11.6 Å². The van der Waals surface area contributed by atoms with Crippen molar-refractivity contribution in [2.45, 2.75) is 24.2 Å². The van der Waals surface area contributed by atoms with E-state index in [0.717, 1.165) is 27.5 Å². The first-order valence-corrected chi connectivity index (χ1v) is 13.8. The van der Waals surface area contributed by atoms with Crippen LogP contribution in [0.25, 0.3) is 10.9 Å². The summed E-state index contributed by atoms with van der Waals surface area (Å²) in [7, 11) is -3.62. The number of piperidine rings is 1. The molecule has 3 aromatic rings. The van der Waals surface area contributed by atoms with Gasteiger partial charge in [-0.3, -0.25) is 9.78 Å². The van der Waals surface area contributed by atoms with Crippen molar-refractivity contribution < 1.29 is 13.2 Å². The lowest BCUT2D eigenvalue weighted by Gasteiger charge is -2.31. The number of benzene rings is 2. The number of anilines is 1. The second kappa shape index (κ2) is 11.0. The topological polar surface area (TPSA) is 91.4 Å². The second-order valence-corrected chi connectivity index (χ2v) is 11.5. The van der Waals surface area contributed by atoms with Gasteiger partial charge in [0.15, 0.2) is 0 Å². The molecule has 0 saturated carbocycles. The van der Waals surface area contributed by atoms with Crippen molar-refractivity contribution in [3.63, 3.8) is 0 Å². The van der Waals surface area contributed by atoms with Crippen molar-refractivity contribution in [2.75, 3.05) is 31.5 Å². The number of sulfonamides is 1. The van der Waals surface area contributed by atoms with Gasteiger partial charge in [0.1, 0.15) is 0 Å². The summed E-state index contributed by atoms with van der Waals surface area (Å²) in [6, 6.07) is 14.1. The van der Waals surface area contributed by atoms with Crippen LogP contribution >= 0.6 is 27.5 Å². The van der Waals surface area contributed by atoms with Crippen LogP contribution in [0.5, 0.6) is 0 Å². The Morgan fingerprint density at radius 2 is 1.94 bits per heavy atom. The average molecular weight is 566 g/mol. The third-order valence-electron chi connectivity index (χ3n) is 5.88. The zero-order valence-electron chi connectivity index (χ0n) is 18.5. The highest BCUT2D eigenvalue weighted by atomic mass is 79.9. The number of carbonyl (C=O) groups is 1. The minimum Gasteiger partial charge on any atom is -0.384 e. The Morgan fingerprint density at radius 1 is 1.15 bits per heavy atom. The van der Waals surface area contributed by atoms with Crippen molar-refractivity contribution in [1.82, 2.24) is 14.6 Å². The van der Waals surface area contributed by atoms with E-state index >= 15 is 0 Å². The predicted octanol–water partition coefficient (Wildman–Crippen LogP) is 4.67. The van der Waals surface area contributed by atoms with Gasteiger partial charge in [-0.2, -0.15) is 4.31 Å². The molecule has 1 aliphatic heterocycles. The van der Waals surface area contributed by atoms with Gasteiger partial charge in [-0.15, -0.1) is 0 Å². The summed E-state index contributed by atoms with van der Waals surface area (Å²) < 4.78 is 28.2. The average Bonchev–Trinajstić information content (AvgIpc) is 2.84. The highest BCUT2D eigenvalue weighted by molar-refractivity contribution is 9.10. The Bertz CT molecular complexity index is 1270. The van der Waals surface area contributed by atoms with Crippen LogP contribution in [-0.4, -0.2) is 49.8 Å². The first-order chi connectivity index (χ1) is 16.3. The standard InChI is InChI=1S/C24H26BrClN4O3S/c25-18-4-7-20(8-5-18)34(32,33)30-14-1-3-17(16-30)24(31)29-12-2-11-27-22-10-13-28-23-15-19(26)6-9-21(22)23/h4-10,13,15,17H,1-3,11-12,14,16H2,(H,27,28)(H,29,31). The van der Waals surface area contributed by atoms with Crippen LogP contribution in [-0.2, 0) is 14.8 Å².